The van der Waals surface area contributed by atoms with Gasteiger partial charge < -0.3 is 15.0 Å². The Labute approximate surface area is 103 Å². The maximum Gasteiger partial charge on any atom is 0.224 e. The number of nitrogens with zero attached hydrogens (tertiary/aromatic N) is 3. The molecule has 0 aliphatic carbocycles. The summed E-state index contributed by atoms with van der Waals surface area (Å²) in [6, 6.07) is 0. The maximum atomic E-state index is 5.07. The van der Waals surface area contributed by atoms with Crippen LogP contribution in [0.15, 0.2) is 6.20 Å². The number of hydrogen-bond acceptors (Lipinski definition) is 5. The summed E-state index contributed by atoms with van der Waals surface area (Å²) in [4.78, 5) is 10.9. The molecule has 1 N–H and O–H groups in total. The van der Waals surface area contributed by atoms with Crippen LogP contribution in [0, 0.1) is 6.92 Å². The summed E-state index contributed by atoms with van der Waals surface area (Å²) in [5.74, 6) is 1.65. The lowest BCUT2D eigenvalue weighted by Gasteiger charge is -2.20. The lowest BCUT2D eigenvalue weighted by molar-refractivity contribution is 0.206. The third-order valence-electron chi connectivity index (χ3n) is 2.47. The van der Waals surface area contributed by atoms with Crippen molar-refractivity contribution < 1.29 is 4.74 Å². The van der Waals surface area contributed by atoms with Crippen LogP contribution in [0.5, 0.6) is 0 Å². The molecule has 0 radical (unpaired) electrons. The Bertz CT molecular complexity index is 343. The van der Waals surface area contributed by atoms with Gasteiger partial charge >= 0.3 is 0 Å². The van der Waals surface area contributed by atoms with Crippen molar-refractivity contribution in [2.75, 3.05) is 44.1 Å². The highest BCUT2D eigenvalue weighted by molar-refractivity contribution is 5.48. The van der Waals surface area contributed by atoms with Crippen LogP contribution in [0.1, 0.15) is 18.9 Å². The summed E-state index contributed by atoms with van der Waals surface area (Å²) in [5, 5.41) is 3.19. The Balaban J connectivity index is 2.74. The number of rotatable bonds is 7. The molecule has 1 aromatic heterocycles. The first-order valence-corrected chi connectivity index (χ1v) is 5.96. The predicted molar refractivity (Wildman–Crippen MR) is 70.7 cm³/mol. The molecule has 0 unspecified atom stereocenters. The lowest BCUT2D eigenvalue weighted by Crippen LogP contribution is -2.24. The second-order valence-corrected chi connectivity index (χ2v) is 4.04. The predicted octanol–water partition coefficient (Wildman–Crippen LogP) is 1.69. The number of ether oxygens (including phenoxy) is 1. The van der Waals surface area contributed by atoms with E-state index in [0.29, 0.717) is 12.6 Å². The van der Waals surface area contributed by atoms with Gasteiger partial charge in [-0.15, -0.1) is 0 Å². The Morgan fingerprint density at radius 2 is 2.24 bits per heavy atom. The summed E-state index contributed by atoms with van der Waals surface area (Å²) < 4.78 is 5.07. The van der Waals surface area contributed by atoms with Crippen LogP contribution in [0.4, 0.5) is 11.8 Å². The molecule has 0 amide bonds. The van der Waals surface area contributed by atoms with Crippen molar-refractivity contribution in [1.29, 1.82) is 0 Å². The van der Waals surface area contributed by atoms with Crippen molar-refractivity contribution in [3.63, 3.8) is 0 Å². The van der Waals surface area contributed by atoms with E-state index in [0.717, 1.165) is 30.9 Å². The zero-order valence-electron chi connectivity index (χ0n) is 11.2. The number of hydrogen-bond donors (Lipinski definition) is 1. The van der Waals surface area contributed by atoms with E-state index in [-0.39, 0.29) is 0 Å². The minimum Gasteiger partial charge on any atom is -0.383 e. The van der Waals surface area contributed by atoms with Crippen LogP contribution in [0.3, 0.4) is 0 Å². The zero-order valence-corrected chi connectivity index (χ0v) is 11.2. The molecule has 1 aromatic rings. The van der Waals surface area contributed by atoms with Gasteiger partial charge in [-0.25, -0.2) is 4.98 Å². The normalized spacial score (nSPS) is 10.4. The molecule has 0 bridgehead atoms. The SMILES string of the molecule is CCCNc1ncc(C)c(N(C)CCOC)n1. The summed E-state index contributed by atoms with van der Waals surface area (Å²) in [6.07, 6.45) is 2.91. The molecular weight excluding hydrogens is 216 g/mol. The third-order valence-corrected chi connectivity index (χ3v) is 2.47. The van der Waals surface area contributed by atoms with Gasteiger partial charge in [0, 0.05) is 39.0 Å². The number of likely N-dealkylation sites (N-methyl/N-ethyl adjacent to an activating group) is 1. The summed E-state index contributed by atoms with van der Waals surface area (Å²) in [7, 11) is 3.72. The molecule has 0 saturated heterocycles. The molecule has 0 fully saturated rings. The van der Waals surface area contributed by atoms with Gasteiger partial charge in [-0.2, -0.15) is 4.98 Å². The fraction of sp³-hybridized carbons (Fsp3) is 0.667. The highest BCUT2D eigenvalue weighted by atomic mass is 16.5. The second kappa shape index (κ2) is 7.06. The minimum atomic E-state index is 0.691. The molecule has 0 spiro atoms. The van der Waals surface area contributed by atoms with Crippen molar-refractivity contribution in [1.82, 2.24) is 9.97 Å². The first-order valence-electron chi connectivity index (χ1n) is 5.96. The fourth-order valence-electron chi connectivity index (χ4n) is 1.48. The lowest BCUT2D eigenvalue weighted by atomic mass is 10.3. The largest absolute Gasteiger partial charge is 0.383 e. The monoisotopic (exact) mass is 238 g/mol. The Kier molecular flexibility index (Phi) is 5.69. The van der Waals surface area contributed by atoms with Crippen LogP contribution in [-0.4, -0.2) is 43.8 Å². The molecule has 0 saturated carbocycles. The second-order valence-electron chi connectivity index (χ2n) is 4.04. The molecule has 1 heterocycles. The standard InChI is InChI=1S/C12H22N4O/c1-5-6-13-12-14-9-10(2)11(15-12)16(3)7-8-17-4/h9H,5-8H2,1-4H3,(H,13,14,15). The van der Waals surface area contributed by atoms with Crippen molar-refractivity contribution in [3.8, 4) is 0 Å². The summed E-state index contributed by atoms with van der Waals surface area (Å²) >= 11 is 0. The molecule has 5 nitrogen and oxygen atoms in total. The maximum absolute atomic E-state index is 5.07. The number of anilines is 2. The average molecular weight is 238 g/mol. The molecule has 17 heavy (non-hydrogen) atoms. The van der Waals surface area contributed by atoms with Crippen LogP contribution in [-0.2, 0) is 4.74 Å². The van der Waals surface area contributed by atoms with E-state index in [1.807, 2.05) is 20.2 Å². The molecule has 0 atom stereocenters. The summed E-state index contributed by atoms with van der Waals surface area (Å²) in [5.41, 5.74) is 1.07. The Hall–Kier alpha value is -1.36. The Morgan fingerprint density at radius 1 is 1.47 bits per heavy atom. The molecule has 0 aliphatic heterocycles. The topological polar surface area (TPSA) is 50.3 Å². The molecule has 5 heteroatoms. The van der Waals surface area contributed by atoms with Crippen LogP contribution >= 0.6 is 0 Å². The van der Waals surface area contributed by atoms with Gasteiger partial charge in [-0.1, -0.05) is 6.92 Å². The van der Waals surface area contributed by atoms with Gasteiger partial charge in [0.25, 0.3) is 0 Å². The van der Waals surface area contributed by atoms with Gasteiger partial charge in [0.1, 0.15) is 5.82 Å². The number of methoxy groups -OCH3 is 1. The smallest absolute Gasteiger partial charge is 0.224 e. The van der Waals surface area contributed by atoms with E-state index in [1.165, 1.54) is 0 Å². The van der Waals surface area contributed by atoms with Crippen LogP contribution in [0.2, 0.25) is 0 Å². The number of nitrogens with one attached hydrogen (secondary N) is 1. The fourth-order valence-corrected chi connectivity index (χ4v) is 1.48. The Morgan fingerprint density at radius 3 is 2.88 bits per heavy atom. The van der Waals surface area contributed by atoms with Crippen molar-refractivity contribution in [2.45, 2.75) is 20.3 Å². The first kappa shape index (κ1) is 13.7. The van der Waals surface area contributed by atoms with E-state index in [1.54, 1.807) is 7.11 Å². The van der Waals surface area contributed by atoms with Crippen LogP contribution in [0.25, 0.3) is 0 Å². The molecule has 0 aromatic carbocycles. The molecular formula is C12H22N4O. The highest BCUT2D eigenvalue weighted by Gasteiger charge is 2.08. The number of aromatic nitrogens is 2. The van der Waals surface area contributed by atoms with E-state index < -0.39 is 0 Å². The van der Waals surface area contributed by atoms with Gasteiger partial charge in [0.2, 0.25) is 5.95 Å². The highest BCUT2D eigenvalue weighted by Crippen LogP contribution is 2.16. The molecule has 1 rings (SSSR count). The zero-order chi connectivity index (χ0) is 12.7. The van der Waals surface area contributed by atoms with Crippen molar-refractivity contribution >= 4 is 11.8 Å². The number of aryl methyl sites for hydroxylation is 1. The minimum absolute atomic E-state index is 0.691. The van der Waals surface area contributed by atoms with Crippen molar-refractivity contribution in [3.05, 3.63) is 11.8 Å². The average Bonchev–Trinajstić information content (AvgIpc) is 2.35. The molecule has 0 aliphatic rings. The van der Waals surface area contributed by atoms with E-state index >= 15 is 0 Å². The van der Waals surface area contributed by atoms with Crippen molar-refractivity contribution in [2.24, 2.45) is 0 Å². The van der Waals surface area contributed by atoms with E-state index in [9.17, 15) is 0 Å². The van der Waals surface area contributed by atoms with Gasteiger partial charge in [0.15, 0.2) is 0 Å². The van der Waals surface area contributed by atoms with Gasteiger partial charge in [-0.05, 0) is 13.3 Å². The summed E-state index contributed by atoms with van der Waals surface area (Å²) in [6.45, 7) is 6.54. The van der Waals surface area contributed by atoms with Crippen LogP contribution < -0.4 is 10.2 Å². The van der Waals surface area contributed by atoms with E-state index in [4.69, 9.17) is 4.74 Å². The van der Waals surface area contributed by atoms with E-state index in [2.05, 4.69) is 27.1 Å². The molecule has 96 valence electrons. The first-order chi connectivity index (χ1) is 8.19. The quantitative estimate of drug-likeness (QED) is 0.783. The third kappa shape index (κ3) is 4.19. The van der Waals surface area contributed by atoms with Gasteiger partial charge in [0.05, 0.1) is 6.61 Å². The van der Waals surface area contributed by atoms with Gasteiger partial charge in [-0.3, -0.25) is 0 Å².